The predicted octanol–water partition coefficient (Wildman–Crippen LogP) is 2.52. The number of benzene rings is 1. The van der Waals surface area contributed by atoms with Crippen molar-refractivity contribution in [1.29, 1.82) is 0 Å². The van der Waals surface area contributed by atoms with Crippen LogP contribution in [-0.4, -0.2) is 23.6 Å². The van der Waals surface area contributed by atoms with E-state index < -0.39 is 0 Å². The Bertz CT molecular complexity index is 546. The van der Waals surface area contributed by atoms with Gasteiger partial charge in [0, 0.05) is 19.9 Å². The van der Waals surface area contributed by atoms with Crippen LogP contribution in [0, 0.1) is 0 Å². The number of ether oxygens (including phenoxy) is 2. The second kappa shape index (κ2) is 7.57. The highest BCUT2D eigenvalue weighted by Gasteiger charge is 2.02. The number of hydrogen-bond acceptors (Lipinski definition) is 5. The molecule has 2 rings (SSSR count). The second-order valence-electron chi connectivity index (χ2n) is 4.31. The van der Waals surface area contributed by atoms with Gasteiger partial charge in [-0.25, -0.2) is 4.98 Å². The zero-order valence-electron chi connectivity index (χ0n) is 11.8. The van der Waals surface area contributed by atoms with Gasteiger partial charge < -0.3 is 14.8 Å². The zero-order valence-corrected chi connectivity index (χ0v) is 11.8. The van der Waals surface area contributed by atoms with Crippen molar-refractivity contribution in [2.75, 3.05) is 13.7 Å². The van der Waals surface area contributed by atoms with Crippen molar-refractivity contribution in [1.82, 2.24) is 15.3 Å². The Labute approximate surface area is 119 Å². The van der Waals surface area contributed by atoms with Crippen LogP contribution in [0.5, 0.6) is 11.6 Å². The predicted molar refractivity (Wildman–Crippen MR) is 76.6 cm³/mol. The molecule has 1 aromatic carbocycles. The summed E-state index contributed by atoms with van der Waals surface area (Å²) in [6, 6.07) is 7.74. The van der Waals surface area contributed by atoms with Crippen molar-refractivity contribution in [2.24, 2.45) is 0 Å². The van der Waals surface area contributed by atoms with E-state index in [4.69, 9.17) is 9.47 Å². The van der Waals surface area contributed by atoms with Gasteiger partial charge in [0.2, 0.25) is 5.88 Å². The highest BCUT2D eigenvalue weighted by atomic mass is 16.5. The zero-order chi connectivity index (χ0) is 14.2. The lowest BCUT2D eigenvalue weighted by Gasteiger charge is -2.08. The van der Waals surface area contributed by atoms with E-state index in [0.717, 1.165) is 23.6 Å². The molecule has 0 aliphatic rings. The van der Waals surface area contributed by atoms with E-state index >= 15 is 0 Å². The van der Waals surface area contributed by atoms with Gasteiger partial charge in [-0.05, 0) is 24.2 Å². The maximum Gasteiger partial charge on any atom is 0.238 e. The first-order valence-corrected chi connectivity index (χ1v) is 6.59. The van der Waals surface area contributed by atoms with Crippen LogP contribution < -0.4 is 10.1 Å². The summed E-state index contributed by atoms with van der Waals surface area (Å²) in [6.45, 7) is 4.19. The fraction of sp³-hybridized carbons (Fsp3) is 0.333. The van der Waals surface area contributed by atoms with Gasteiger partial charge in [0.05, 0.1) is 18.5 Å². The van der Waals surface area contributed by atoms with Gasteiger partial charge in [0.25, 0.3) is 0 Å². The standard InChI is InChI=1S/C15H19N3O2/c1-3-16-8-13-9-17-10-15(18-13)20-14-6-4-5-12(7-14)11-19-2/h4-7,9-10,16H,3,8,11H2,1-2H3. The molecule has 0 saturated carbocycles. The molecular weight excluding hydrogens is 254 g/mol. The number of aromatic nitrogens is 2. The van der Waals surface area contributed by atoms with E-state index in [2.05, 4.69) is 22.2 Å². The molecule has 1 heterocycles. The molecule has 1 aromatic heterocycles. The Hall–Kier alpha value is -1.98. The van der Waals surface area contributed by atoms with Crippen molar-refractivity contribution in [3.05, 3.63) is 47.9 Å². The minimum absolute atomic E-state index is 0.495. The van der Waals surface area contributed by atoms with Gasteiger partial charge in [-0.3, -0.25) is 4.98 Å². The van der Waals surface area contributed by atoms with Crippen LogP contribution in [0.15, 0.2) is 36.7 Å². The number of nitrogens with one attached hydrogen (secondary N) is 1. The Morgan fingerprint density at radius 1 is 1.25 bits per heavy atom. The third-order valence-corrected chi connectivity index (χ3v) is 2.65. The number of nitrogens with zero attached hydrogens (tertiary/aromatic N) is 2. The summed E-state index contributed by atoms with van der Waals surface area (Å²) in [4.78, 5) is 8.54. The molecular formula is C15H19N3O2. The molecule has 0 aliphatic carbocycles. The average molecular weight is 273 g/mol. The topological polar surface area (TPSA) is 56.3 Å². The van der Waals surface area contributed by atoms with Crippen LogP contribution in [0.4, 0.5) is 0 Å². The Balaban J connectivity index is 2.07. The molecule has 5 nitrogen and oxygen atoms in total. The summed E-state index contributed by atoms with van der Waals surface area (Å²) >= 11 is 0. The lowest BCUT2D eigenvalue weighted by Crippen LogP contribution is -2.13. The van der Waals surface area contributed by atoms with Gasteiger partial charge in [-0.2, -0.15) is 0 Å². The third-order valence-electron chi connectivity index (χ3n) is 2.65. The van der Waals surface area contributed by atoms with Crippen molar-refractivity contribution >= 4 is 0 Å². The van der Waals surface area contributed by atoms with E-state index in [0.29, 0.717) is 19.0 Å². The van der Waals surface area contributed by atoms with Gasteiger partial charge >= 0.3 is 0 Å². The van der Waals surface area contributed by atoms with Crippen LogP contribution in [0.3, 0.4) is 0 Å². The second-order valence-corrected chi connectivity index (χ2v) is 4.31. The summed E-state index contributed by atoms with van der Waals surface area (Å²) < 4.78 is 10.8. The molecule has 0 spiro atoms. The number of methoxy groups -OCH3 is 1. The molecule has 0 aliphatic heterocycles. The van der Waals surface area contributed by atoms with Crippen LogP contribution in [-0.2, 0) is 17.9 Å². The molecule has 20 heavy (non-hydrogen) atoms. The summed E-state index contributed by atoms with van der Waals surface area (Å²) in [5.41, 5.74) is 1.92. The van der Waals surface area contributed by atoms with Crippen molar-refractivity contribution < 1.29 is 9.47 Å². The van der Waals surface area contributed by atoms with E-state index in [1.165, 1.54) is 0 Å². The lowest BCUT2D eigenvalue weighted by molar-refractivity contribution is 0.184. The van der Waals surface area contributed by atoms with Crippen molar-refractivity contribution in [3.8, 4) is 11.6 Å². The Morgan fingerprint density at radius 2 is 2.15 bits per heavy atom. The van der Waals surface area contributed by atoms with Gasteiger partial charge in [-0.15, -0.1) is 0 Å². The first kappa shape index (κ1) is 14.4. The smallest absolute Gasteiger partial charge is 0.238 e. The van der Waals surface area contributed by atoms with Gasteiger partial charge in [0.1, 0.15) is 5.75 Å². The molecule has 0 unspecified atom stereocenters. The summed E-state index contributed by atoms with van der Waals surface area (Å²) in [7, 11) is 1.67. The quantitative estimate of drug-likeness (QED) is 0.840. The first-order valence-electron chi connectivity index (χ1n) is 6.59. The summed E-state index contributed by atoms with van der Waals surface area (Å²) in [5, 5.41) is 3.21. The molecule has 0 saturated heterocycles. The van der Waals surface area contributed by atoms with Crippen LogP contribution >= 0.6 is 0 Å². The molecule has 2 aromatic rings. The molecule has 106 valence electrons. The molecule has 0 atom stereocenters. The fourth-order valence-corrected chi connectivity index (χ4v) is 1.76. The average Bonchev–Trinajstić information content (AvgIpc) is 2.46. The van der Waals surface area contributed by atoms with Crippen molar-refractivity contribution in [2.45, 2.75) is 20.1 Å². The van der Waals surface area contributed by atoms with Crippen LogP contribution in [0.25, 0.3) is 0 Å². The van der Waals surface area contributed by atoms with Crippen LogP contribution in [0.2, 0.25) is 0 Å². The first-order chi connectivity index (χ1) is 9.81. The molecule has 0 radical (unpaired) electrons. The third kappa shape index (κ3) is 4.29. The Kier molecular flexibility index (Phi) is 5.46. The van der Waals surface area contributed by atoms with Gasteiger partial charge in [0.15, 0.2) is 0 Å². The monoisotopic (exact) mass is 273 g/mol. The minimum Gasteiger partial charge on any atom is -0.437 e. The fourth-order valence-electron chi connectivity index (χ4n) is 1.76. The van der Waals surface area contributed by atoms with E-state index in [9.17, 15) is 0 Å². The molecule has 0 amide bonds. The molecule has 0 fully saturated rings. The lowest BCUT2D eigenvalue weighted by atomic mass is 10.2. The maximum atomic E-state index is 5.73. The highest BCUT2D eigenvalue weighted by Crippen LogP contribution is 2.20. The molecule has 5 heteroatoms. The number of hydrogen-bond donors (Lipinski definition) is 1. The van der Waals surface area contributed by atoms with Gasteiger partial charge in [-0.1, -0.05) is 19.1 Å². The molecule has 0 bridgehead atoms. The summed E-state index contributed by atoms with van der Waals surface area (Å²) in [6.07, 6.45) is 3.34. The normalized spacial score (nSPS) is 10.5. The Morgan fingerprint density at radius 3 is 2.95 bits per heavy atom. The summed E-state index contributed by atoms with van der Waals surface area (Å²) in [5.74, 6) is 1.23. The van der Waals surface area contributed by atoms with E-state index in [-0.39, 0.29) is 0 Å². The maximum absolute atomic E-state index is 5.73. The largest absolute Gasteiger partial charge is 0.437 e. The SMILES string of the molecule is CCNCc1cncc(Oc2cccc(COC)c2)n1. The molecule has 1 N–H and O–H groups in total. The number of rotatable bonds is 7. The minimum atomic E-state index is 0.495. The van der Waals surface area contributed by atoms with E-state index in [1.54, 1.807) is 19.5 Å². The van der Waals surface area contributed by atoms with Crippen molar-refractivity contribution in [3.63, 3.8) is 0 Å². The highest BCUT2D eigenvalue weighted by molar-refractivity contribution is 5.31. The van der Waals surface area contributed by atoms with E-state index in [1.807, 2.05) is 24.3 Å². The van der Waals surface area contributed by atoms with Crippen LogP contribution in [0.1, 0.15) is 18.2 Å².